The van der Waals surface area contributed by atoms with Gasteiger partial charge in [0.15, 0.2) is 0 Å². The Labute approximate surface area is 155 Å². The first-order chi connectivity index (χ1) is 12.7. The lowest BCUT2D eigenvalue weighted by Crippen LogP contribution is -2.00. The lowest BCUT2D eigenvalue weighted by atomic mass is 10.2. The van der Waals surface area contributed by atoms with Crippen LogP contribution >= 0.6 is 11.8 Å². The third-order valence-electron chi connectivity index (χ3n) is 4.16. The number of nitrogens with zero attached hydrogens (tertiary/aromatic N) is 3. The van der Waals surface area contributed by atoms with E-state index in [2.05, 4.69) is 21.8 Å². The van der Waals surface area contributed by atoms with E-state index in [9.17, 15) is 5.26 Å². The van der Waals surface area contributed by atoms with E-state index >= 15 is 0 Å². The van der Waals surface area contributed by atoms with E-state index in [1.54, 1.807) is 18.0 Å². The molecule has 0 aliphatic carbocycles. The van der Waals surface area contributed by atoms with Crippen molar-refractivity contribution >= 4 is 28.4 Å². The van der Waals surface area contributed by atoms with Gasteiger partial charge >= 0.3 is 0 Å². The maximum Gasteiger partial charge on any atom is 0.100 e. The summed E-state index contributed by atoms with van der Waals surface area (Å²) in [5, 5.41) is 10.5. The molecular formula is C21H16N4S. The standard InChI is InChI=1S/C21H16N4S/c22-12-15-5-1-2-7-20(15)26-21-14-25(13-17-6-3-4-10-24-17)19-11-16(23)8-9-18(19)21/h1-11,14H,13,23H2. The molecular weight excluding hydrogens is 340 g/mol. The number of aromatic nitrogens is 2. The van der Waals surface area contributed by atoms with Crippen LogP contribution in [0.4, 0.5) is 5.69 Å². The van der Waals surface area contributed by atoms with E-state index in [-0.39, 0.29) is 0 Å². The summed E-state index contributed by atoms with van der Waals surface area (Å²) in [6, 6.07) is 21.8. The zero-order valence-electron chi connectivity index (χ0n) is 14.0. The molecule has 0 spiro atoms. The number of nitrogens with two attached hydrogens (primary N) is 1. The third-order valence-corrected chi connectivity index (χ3v) is 5.28. The van der Waals surface area contributed by atoms with Crippen molar-refractivity contribution in [2.45, 2.75) is 16.3 Å². The quantitative estimate of drug-likeness (QED) is 0.539. The van der Waals surface area contributed by atoms with Crippen LogP contribution in [0.3, 0.4) is 0 Å². The minimum atomic E-state index is 0.668. The predicted molar refractivity (Wildman–Crippen MR) is 105 cm³/mol. The number of rotatable bonds is 4. The highest BCUT2D eigenvalue weighted by Crippen LogP contribution is 2.37. The molecule has 0 aliphatic rings. The van der Waals surface area contributed by atoms with E-state index < -0.39 is 0 Å². The topological polar surface area (TPSA) is 67.6 Å². The van der Waals surface area contributed by atoms with Crippen LogP contribution in [-0.2, 0) is 6.54 Å². The highest BCUT2D eigenvalue weighted by atomic mass is 32.2. The molecule has 0 atom stereocenters. The molecule has 0 bridgehead atoms. The second-order valence-electron chi connectivity index (χ2n) is 5.93. The van der Waals surface area contributed by atoms with Crippen molar-refractivity contribution in [1.82, 2.24) is 9.55 Å². The van der Waals surface area contributed by atoms with Crippen LogP contribution in [0.5, 0.6) is 0 Å². The zero-order chi connectivity index (χ0) is 17.9. The molecule has 4 nitrogen and oxygen atoms in total. The number of benzene rings is 2. The fourth-order valence-corrected chi connectivity index (χ4v) is 3.99. The van der Waals surface area contributed by atoms with Gasteiger partial charge in [-0.05, 0) is 42.5 Å². The SMILES string of the molecule is N#Cc1ccccc1Sc1cn(Cc2ccccn2)c2cc(N)ccc12. The normalized spacial score (nSPS) is 10.7. The Morgan fingerprint density at radius 3 is 2.69 bits per heavy atom. The molecule has 0 aliphatic heterocycles. The van der Waals surface area contributed by atoms with Crippen LogP contribution in [0.15, 0.2) is 82.8 Å². The van der Waals surface area contributed by atoms with Gasteiger partial charge in [0.25, 0.3) is 0 Å². The highest BCUT2D eigenvalue weighted by Gasteiger charge is 2.12. The molecule has 5 heteroatoms. The Morgan fingerprint density at radius 1 is 1.04 bits per heavy atom. The first kappa shape index (κ1) is 16.2. The smallest absolute Gasteiger partial charge is 0.100 e. The molecule has 2 aromatic heterocycles. The van der Waals surface area contributed by atoms with Crippen LogP contribution in [0.1, 0.15) is 11.3 Å². The monoisotopic (exact) mass is 356 g/mol. The van der Waals surface area contributed by atoms with Crippen molar-refractivity contribution in [3.05, 3.63) is 84.3 Å². The average molecular weight is 356 g/mol. The van der Waals surface area contributed by atoms with Gasteiger partial charge in [0.05, 0.1) is 23.3 Å². The van der Waals surface area contributed by atoms with Crippen molar-refractivity contribution < 1.29 is 0 Å². The molecule has 4 aromatic rings. The maximum atomic E-state index is 9.35. The number of hydrogen-bond donors (Lipinski definition) is 1. The number of pyridine rings is 1. The molecule has 2 aromatic carbocycles. The number of nitrogen functional groups attached to an aromatic ring is 1. The molecule has 0 fully saturated rings. The van der Waals surface area contributed by atoms with Gasteiger partial charge in [-0.3, -0.25) is 4.98 Å². The highest BCUT2D eigenvalue weighted by molar-refractivity contribution is 7.99. The first-order valence-corrected chi connectivity index (χ1v) is 9.01. The molecule has 0 saturated carbocycles. The summed E-state index contributed by atoms with van der Waals surface area (Å²) in [5.41, 5.74) is 9.47. The summed E-state index contributed by atoms with van der Waals surface area (Å²) >= 11 is 1.60. The van der Waals surface area contributed by atoms with Crippen LogP contribution in [0, 0.1) is 11.3 Å². The van der Waals surface area contributed by atoms with Gasteiger partial charge in [0.1, 0.15) is 6.07 Å². The zero-order valence-corrected chi connectivity index (χ0v) is 14.8. The molecule has 2 N–H and O–H groups in total. The lowest BCUT2D eigenvalue weighted by molar-refractivity contribution is 0.802. The van der Waals surface area contributed by atoms with Gasteiger partial charge in [0.2, 0.25) is 0 Å². The fourth-order valence-electron chi connectivity index (χ4n) is 2.92. The Hall–Kier alpha value is -3.23. The summed E-state index contributed by atoms with van der Waals surface area (Å²) in [6.07, 6.45) is 3.91. The van der Waals surface area contributed by atoms with Crippen molar-refractivity contribution in [2.24, 2.45) is 0 Å². The van der Waals surface area contributed by atoms with E-state index in [1.165, 1.54) is 0 Å². The molecule has 2 heterocycles. The summed E-state index contributed by atoms with van der Waals surface area (Å²) in [6.45, 7) is 0.668. The lowest BCUT2D eigenvalue weighted by Gasteiger charge is -2.05. The van der Waals surface area contributed by atoms with Gasteiger partial charge in [0, 0.05) is 33.3 Å². The number of anilines is 1. The van der Waals surface area contributed by atoms with E-state index in [0.717, 1.165) is 32.1 Å². The van der Waals surface area contributed by atoms with Gasteiger partial charge in [-0.15, -0.1) is 0 Å². The minimum Gasteiger partial charge on any atom is -0.399 e. The molecule has 126 valence electrons. The number of nitriles is 1. The number of hydrogen-bond acceptors (Lipinski definition) is 4. The summed E-state index contributed by atoms with van der Waals surface area (Å²) in [4.78, 5) is 6.47. The van der Waals surface area contributed by atoms with Gasteiger partial charge < -0.3 is 10.3 Å². The molecule has 0 unspecified atom stereocenters. The summed E-state index contributed by atoms with van der Waals surface area (Å²) in [7, 11) is 0. The minimum absolute atomic E-state index is 0.668. The molecule has 4 rings (SSSR count). The number of fused-ring (bicyclic) bond motifs is 1. The van der Waals surface area contributed by atoms with Gasteiger partial charge in [-0.1, -0.05) is 30.0 Å². The summed E-state index contributed by atoms with van der Waals surface area (Å²) < 4.78 is 2.16. The van der Waals surface area contributed by atoms with Crippen LogP contribution in [0.2, 0.25) is 0 Å². The Morgan fingerprint density at radius 2 is 1.88 bits per heavy atom. The molecule has 0 saturated heterocycles. The van der Waals surface area contributed by atoms with Crippen molar-refractivity contribution in [1.29, 1.82) is 5.26 Å². The predicted octanol–water partition coefficient (Wildman–Crippen LogP) is 4.69. The van der Waals surface area contributed by atoms with E-state index in [0.29, 0.717) is 12.1 Å². The first-order valence-electron chi connectivity index (χ1n) is 8.20. The second kappa shape index (κ2) is 6.95. The van der Waals surface area contributed by atoms with Crippen molar-refractivity contribution in [3.8, 4) is 6.07 Å². The van der Waals surface area contributed by atoms with Gasteiger partial charge in [-0.25, -0.2) is 0 Å². The van der Waals surface area contributed by atoms with Crippen LogP contribution in [-0.4, -0.2) is 9.55 Å². The van der Waals surface area contributed by atoms with E-state index in [1.807, 2.05) is 60.7 Å². The van der Waals surface area contributed by atoms with Crippen LogP contribution < -0.4 is 5.73 Å². The van der Waals surface area contributed by atoms with Gasteiger partial charge in [-0.2, -0.15) is 5.26 Å². The fraction of sp³-hybridized carbons (Fsp3) is 0.0476. The Balaban J connectivity index is 1.79. The van der Waals surface area contributed by atoms with Crippen LogP contribution in [0.25, 0.3) is 10.9 Å². The third kappa shape index (κ3) is 3.15. The molecule has 0 amide bonds. The Kier molecular flexibility index (Phi) is 4.34. The maximum absolute atomic E-state index is 9.35. The Bertz CT molecular complexity index is 1110. The second-order valence-corrected chi connectivity index (χ2v) is 7.01. The average Bonchev–Trinajstić information content (AvgIpc) is 2.99. The van der Waals surface area contributed by atoms with E-state index in [4.69, 9.17) is 5.73 Å². The molecule has 0 radical (unpaired) electrons. The largest absolute Gasteiger partial charge is 0.399 e. The molecule has 26 heavy (non-hydrogen) atoms. The summed E-state index contributed by atoms with van der Waals surface area (Å²) in [5.74, 6) is 0. The van der Waals surface area contributed by atoms with Crippen molar-refractivity contribution in [3.63, 3.8) is 0 Å². The van der Waals surface area contributed by atoms with Crippen molar-refractivity contribution in [2.75, 3.05) is 5.73 Å².